The van der Waals surface area contributed by atoms with Crippen LogP contribution in [0.2, 0.25) is 5.02 Å². The Morgan fingerprint density at radius 3 is 2.23 bits per heavy atom. The molecule has 0 aromatic heterocycles. The van der Waals surface area contributed by atoms with Crippen LogP contribution in [0.15, 0.2) is 42.5 Å². The Bertz CT molecular complexity index is 844. The summed E-state index contributed by atoms with van der Waals surface area (Å²) in [6.45, 7) is 4.51. The third-order valence-electron chi connectivity index (χ3n) is 6.77. The van der Waals surface area contributed by atoms with Crippen molar-refractivity contribution in [1.29, 1.82) is 0 Å². The lowest BCUT2D eigenvalue weighted by Gasteiger charge is -2.26. The molecule has 31 heavy (non-hydrogen) atoms. The van der Waals surface area contributed by atoms with Crippen LogP contribution in [0, 0.1) is 17.8 Å². The summed E-state index contributed by atoms with van der Waals surface area (Å²) in [4.78, 5) is 0. The van der Waals surface area contributed by atoms with Gasteiger partial charge in [0.05, 0.1) is 0 Å². The molecule has 0 N–H and O–H groups in total. The monoisotopic (exact) mass is 434 g/mol. The number of rotatable bonds is 9. The molecule has 1 fully saturated rings. The highest BCUT2D eigenvalue weighted by molar-refractivity contribution is 6.31. The molecular weight excluding hydrogens is 396 g/mol. The van der Waals surface area contributed by atoms with Gasteiger partial charge in [-0.25, -0.2) is 0 Å². The summed E-state index contributed by atoms with van der Waals surface area (Å²) in [5.74, 6) is 8.18. The Morgan fingerprint density at radius 1 is 0.806 bits per heavy atom. The van der Waals surface area contributed by atoms with Gasteiger partial charge in [-0.2, -0.15) is 0 Å². The molecule has 0 amide bonds. The molecule has 2 aromatic rings. The van der Waals surface area contributed by atoms with Crippen molar-refractivity contribution in [3.63, 3.8) is 0 Å². The van der Waals surface area contributed by atoms with Crippen molar-refractivity contribution >= 4 is 11.6 Å². The van der Waals surface area contributed by atoms with Gasteiger partial charge in [-0.1, -0.05) is 93.3 Å². The van der Waals surface area contributed by atoms with Gasteiger partial charge in [0.15, 0.2) is 0 Å². The zero-order valence-corrected chi connectivity index (χ0v) is 20.3. The predicted octanol–water partition coefficient (Wildman–Crippen LogP) is 9.13. The van der Waals surface area contributed by atoms with Crippen LogP contribution >= 0.6 is 11.6 Å². The van der Waals surface area contributed by atoms with E-state index in [2.05, 4.69) is 68.2 Å². The fourth-order valence-corrected chi connectivity index (χ4v) is 4.94. The van der Waals surface area contributed by atoms with Crippen molar-refractivity contribution < 1.29 is 0 Å². The average Bonchev–Trinajstić information content (AvgIpc) is 2.81. The smallest absolute Gasteiger partial charge is 0.0450 e. The van der Waals surface area contributed by atoms with Crippen molar-refractivity contribution in [1.82, 2.24) is 0 Å². The third-order valence-corrected chi connectivity index (χ3v) is 7.12. The van der Waals surface area contributed by atoms with Crippen molar-refractivity contribution in [3.8, 4) is 11.8 Å². The number of hydrogen-bond donors (Lipinski definition) is 0. The lowest BCUT2D eigenvalue weighted by molar-refractivity contribution is 0.384. The Balaban J connectivity index is 1.48. The summed E-state index contributed by atoms with van der Waals surface area (Å²) < 4.78 is 0. The van der Waals surface area contributed by atoms with Gasteiger partial charge in [-0.3, -0.25) is 0 Å². The molecule has 1 heteroatoms. The van der Waals surface area contributed by atoms with Crippen LogP contribution in [0.25, 0.3) is 0 Å². The van der Waals surface area contributed by atoms with Crippen molar-refractivity contribution in [2.24, 2.45) is 5.92 Å². The summed E-state index contributed by atoms with van der Waals surface area (Å²) in [5, 5.41) is 0.884. The maximum absolute atomic E-state index is 6.52. The largest absolute Gasteiger partial charge is 0.0945 e. The van der Waals surface area contributed by atoms with E-state index in [9.17, 15) is 0 Å². The second-order valence-corrected chi connectivity index (χ2v) is 9.69. The van der Waals surface area contributed by atoms with Crippen LogP contribution in [0.5, 0.6) is 0 Å². The minimum absolute atomic E-state index is 0.521. The molecule has 0 saturated heterocycles. The Kier molecular flexibility index (Phi) is 10.0. The number of aryl methyl sites for hydroxylation is 2. The van der Waals surface area contributed by atoms with Gasteiger partial charge in [0.25, 0.3) is 0 Å². The van der Waals surface area contributed by atoms with E-state index < -0.39 is 0 Å². The maximum atomic E-state index is 6.52. The second-order valence-electron chi connectivity index (χ2n) is 9.28. The molecule has 2 aromatic carbocycles. The summed E-state index contributed by atoms with van der Waals surface area (Å²) in [6.07, 6.45) is 14.9. The fourth-order valence-electron chi connectivity index (χ4n) is 4.66. The summed E-state index contributed by atoms with van der Waals surface area (Å²) >= 11 is 6.52. The van der Waals surface area contributed by atoms with Crippen molar-refractivity contribution in [3.05, 3.63) is 69.7 Å². The van der Waals surface area contributed by atoms with Crippen LogP contribution in [-0.2, 0) is 12.8 Å². The molecule has 0 unspecified atom stereocenters. The van der Waals surface area contributed by atoms with E-state index in [-0.39, 0.29) is 0 Å². The van der Waals surface area contributed by atoms with E-state index >= 15 is 0 Å². The van der Waals surface area contributed by atoms with Gasteiger partial charge >= 0.3 is 0 Å². The Morgan fingerprint density at radius 2 is 1.55 bits per heavy atom. The zero-order valence-electron chi connectivity index (χ0n) is 19.6. The van der Waals surface area contributed by atoms with Gasteiger partial charge in [0, 0.05) is 16.5 Å². The van der Waals surface area contributed by atoms with Crippen LogP contribution < -0.4 is 0 Å². The van der Waals surface area contributed by atoms with Crippen LogP contribution in [-0.4, -0.2) is 0 Å². The molecule has 1 aliphatic rings. The second kappa shape index (κ2) is 13.0. The van der Waals surface area contributed by atoms with E-state index in [1.54, 1.807) is 0 Å². The minimum Gasteiger partial charge on any atom is -0.0945 e. The lowest BCUT2D eigenvalue weighted by Crippen LogP contribution is -2.12. The fraction of sp³-hybridized carbons (Fsp3) is 0.533. The van der Waals surface area contributed by atoms with Gasteiger partial charge in [0.1, 0.15) is 0 Å². The van der Waals surface area contributed by atoms with Gasteiger partial charge < -0.3 is 0 Å². The standard InChI is InChI=1S/C30H39Cl/c1-3-5-7-8-10-29-22-17-26(23-30(29)31)12-11-25-15-20-28(21-16-25)27-18-13-24(14-19-27)9-6-4-2/h13-14,17-19,22-23,25,28H,3-10,15-16,20-21H2,1-2H3. The van der Waals surface area contributed by atoms with Crippen LogP contribution in [0.1, 0.15) is 106 Å². The first-order chi connectivity index (χ1) is 15.2. The van der Waals surface area contributed by atoms with E-state index in [1.807, 2.05) is 0 Å². The van der Waals surface area contributed by atoms with E-state index in [0.29, 0.717) is 11.8 Å². The summed E-state index contributed by atoms with van der Waals surface area (Å²) in [6, 6.07) is 15.8. The quantitative estimate of drug-likeness (QED) is 0.272. The zero-order chi connectivity index (χ0) is 21.9. The highest BCUT2D eigenvalue weighted by Gasteiger charge is 2.21. The van der Waals surface area contributed by atoms with Crippen LogP contribution in [0.3, 0.4) is 0 Å². The highest BCUT2D eigenvalue weighted by atomic mass is 35.5. The van der Waals surface area contributed by atoms with Crippen molar-refractivity contribution in [2.75, 3.05) is 0 Å². The van der Waals surface area contributed by atoms with E-state index in [4.69, 9.17) is 11.6 Å². The first-order valence-corrected chi connectivity index (χ1v) is 13.0. The third kappa shape index (κ3) is 7.73. The number of halogens is 1. The topological polar surface area (TPSA) is 0 Å². The molecule has 0 spiro atoms. The highest BCUT2D eigenvalue weighted by Crippen LogP contribution is 2.35. The summed E-state index contributed by atoms with van der Waals surface area (Å²) in [5.41, 5.74) is 5.33. The summed E-state index contributed by atoms with van der Waals surface area (Å²) in [7, 11) is 0. The van der Waals surface area contributed by atoms with Crippen molar-refractivity contribution in [2.45, 2.75) is 96.8 Å². The predicted molar refractivity (Wildman–Crippen MR) is 136 cm³/mol. The lowest BCUT2D eigenvalue weighted by atomic mass is 9.78. The molecule has 3 rings (SSSR count). The molecule has 0 nitrogen and oxygen atoms in total. The Hall–Kier alpha value is -1.71. The molecule has 1 aliphatic carbocycles. The molecule has 0 aliphatic heterocycles. The molecule has 0 atom stereocenters. The number of hydrogen-bond acceptors (Lipinski definition) is 0. The molecule has 0 radical (unpaired) electrons. The first-order valence-electron chi connectivity index (χ1n) is 12.6. The first kappa shape index (κ1) is 23.9. The minimum atomic E-state index is 0.521. The molecule has 166 valence electrons. The molecule has 0 bridgehead atoms. The molecule has 0 heterocycles. The van der Waals surface area contributed by atoms with Gasteiger partial charge in [-0.05, 0) is 86.1 Å². The average molecular weight is 435 g/mol. The van der Waals surface area contributed by atoms with E-state index in [1.165, 1.54) is 87.3 Å². The number of benzene rings is 2. The normalized spacial score (nSPS) is 18.4. The van der Waals surface area contributed by atoms with Gasteiger partial charge in [-0.15, -0.1) is 0 Å². The SMILES string of the molecule is CCCCCCc1ccc(C#CC2CCC(c3ccc(CCCC)cc3)CC2)cc1Cl. The molecule has 1 saturated carbocycles. The van der Waals surface area contributed by atoms with Crippen LogP contribution in [0.4, 0.5) is 0 Å². The molecular formula is C30H39Cl. The van der Waals surface area contributed by atoms with E-state index in [0.717, 1.165) is 17.0 Å². The number of unbranched alkanes of at least 4 members (excludes halogenated alkanes) is 4. The van der Waals surface area contributed by atoms with Gasteiger partial charge in [0.2, 0.25) is 0 Å². The maximum Gasteiger partial charge on any atom is 0.0450 e. The Labute approximate surface area is 195 Å².